The van der Waals surface area contributed by atoms with Gasteiger partial charge in [-0.15, -0.1) is 0 Å². The number of methoxy groups -OCH3 is 2. The maximum atomic E-state index is 13.1. The third-order valence-corrected chi connectivity index (χ3v) is 5.64. The van der Waals surface area contributed by atoms with Crippen LogP contribution >= 0.6 is 0 Å². The lowest BCUT2D eigenvalue weighted by Crippen LogP contribution is -2.32. The van der Waals surface area contributed by atoms with Crippen molar-refractivity contribution in [3.63, 3.8) is 0 Å². The van der Waals surface area contributed by atoms with Gasteiger partial charge in [0.05, 0.1) is 20.3 Å². The van der Waals surface area contributed by atoms with Crippen molar-refractivity contribution in [2.45, 2.75) is 18.6 Å². The van der Waals surface area contributed by atoms with E-state index in [-0.39, 0.29) is 5.76 Å². The molecule has 4 rings (SSSR count). The van der Waals surface area contributed by atoms with E-state index in [9.17, 15) is 9.90 Å². The van der Waals surface area contributed by atoms with E-state index < -0.39 is 18.1 Å². The molecule has 2 unspecified atom stereocenters. The van der Waals surface area contributed by atoms with E-state index in [1.165, 1.54) is 0 Å². The summed E-state index contributed by atoms with van der Waals surface area (Å²) in [5, 5.41) is 14.0. The highest BCUT2D eigenvalue weighted by atomic mass is 16.5. The molecule has 6 heteroatoms. The number of furan rings is 1. The van der Waals surface area contributed by atoms with Gasteiger partial charge in [0.2, 0.25) is 0 Å². The molecule has 34 heavy (non-hydrogen) atoms. The van der Waals surface area contributed by atoms with Crippen LogP contribution in [0.15, 0.2) is 95.4 Å². The van der Waals surface area contributed by atoms with E-state index in [0.717, 1.165) is 11.1 Å². The van der Waals surface area contributed by atoms with Crippen LogP contribution in [0, 0.1) is 0 Å². The van der Waals surface area contributed by atoms with Gasteiger partial charge < -0.3 is 24.3 Å². The van der Waals surface area contributed by atoms with Crippen LogP contribution in [0.4, 0.5) is 0 Å². The van der Waals surface area contributed by atoms with Crippen LogP contribution in [0.5, 0.6) is 11.5 Å². The number of hydrogen-bond donors (Lipinski definition) is 2. The van der Waals surface area contributed by atoms with Crippen molar-refractivity contribution in [2.24, 2.45) is 0 Å². The van der Waals surface area contributed by atoms with Crippen molar-refractivity contribution in [3.05, 3.63) is 119 Å². The highest BCUT2D eigenvalue weighted by Crippen LogP contribution is 2.30. The molecule has 0 aliphatic carbocycles. The standard InChI is InChI=1S/C28H27NO5/c1-32-22-13-15-24(33-2)21(17-22)18-23-14-16-25(34-23)28(31)29-26(19-9-5-3-6-10-19)27(30)20-11-7-4-8-12-20/h3-17,26-27,30H,18H2,1-2H3,(H,29,31). The normalized spacial score (nSPS) is 12.6. The van der Waals surface area contributed by atoms with Gasteiger partial charge >= 0.3 is 0 Å². The van der Waals surface area contributed by atoms with Gasteiger partial charge in [0.15, 0.2) is 5.76 Å². The van der Waals surface area contributed by atoms with E-state index in [1.807, 2.05) is 78.9 Å². The van der Waals surface area contributed by atoms with Crippen LogP contribution < -0.4 is 14.8 Å². The molecule has 0 aliphatic rings. The minimum absolute atomic E-state index is 0.165. The quantitative estimate of drug-likeness (QED) is 0.366. The van der Waals surface area contributed by atoms with Crippen molar-refractivity contribution < 1.29 is 23.8 Å². The molecule has 6 nitrogen and oxygen atoms in total. The fourth-order valence-electron chi connectivity index (χ4n) is 3.86. The Balaban J connectivity index is 1.54. The molecule has 2 N–H and O–H groups in total. The number of rotatable bonds is 9. The number of aliphatic hydroxyl groups is 1. The van der Waals surface area contributed by atoms with Crippen molar-refractivity contribution in [1.29, 1.82) is 0 Å². The summed E-state index contributed by atoms with van der Waals surface area (Å²) in [5.74, 6) is 1.78. The number of nitrogens with one attached hydrogen (secondary N) is 1. The Labute approximate surface area is 198 Å². The van der Waals surface area contributed by atoms with Crippen molar-refractivity contribution >= 4 is 5.91 Å². The summed E-state index contributed by atoms with van der Waals surface area (Å²) in [7, 11) is 3.21. The number of carbonyl (C=O) groups excluding carboxylic acids is 1. The van der Waals surface area contributed by atoms with E-state index in [0.29, 0.717) is 29.2 Å². The van der Waals surface area contributed by atoms with Crippen LogP contribution in [0.2, 0.25) is 0 Å². The Kier molecular flexibility index (Phi) is 7.30. The van der Waals surface area contributed by atoms with E-state index in [2.05, 4.69) is 5.32 Å². The molecule has 0 fully saturated rings. The molecular formula is C28H27NO5. The molecular weight excluding hydrogens is 430 g/mol. The summed E-state index contributed by atoms with van der Waals surface area (Å²) in [5.41, 5.74) is 2.38. The van der Waals surface area contributed by atoms with E-state index >= 15 is 0 Å². The first kappa shape index (κ1) is 23.1. The molecule has 3 aromatic carbocycles. The third-order valence-electron chi connectivity index (χ3n) is 5.64. The molecule has 1 heterocycles. The largest absolute Gasteiger partial charge is 0.497 e. The van der Waals surface area contributed by atoms with Gasteiger partial charge in [-0.1, -0.05) is 60.7 Å². The second kappa shape index (κ2) is 10.7. The van der Waals surface area contributed by atoms with Crippen LogP contribution in [0.25, 0.3) is 0 Å². The van der Waals surface area contributed by atoms with Gasteiger partial charge in [0.1, 0.15) is 23.4 Å². The zero-order valence-corrected chi connectivity index (χ0v) is 19.1. The molecule has 4 aromatic rings. The molecule has 0 saturated carbocycles. The fourth-order valence-corrected chi connectivity index (χ4v) is 3.86. The van der Waals surface area contributed by atoms with Crippen LogP contribution in [0.1, 0.15) is 45.2 Å². The van der Waals surface area contributed by atoms with Gasteiger partial charge in [-0.25, -0.2) is 0 Å². The summed E-state index contributed by atoms with van der Waals surface area (Å²) in [6.45, 7) is 0. The van der Waals surface area contributed by atoms with Crippen LogP contribution in [0.3, 0.4) is 0 Å². The smallest absolute Gasteiger partial charge is 0.287 e. The Hall–Kier alpha value is -4.03. The SMILES string of the molecule is COc1ccc(OC)c(Cc2ccc(C(=O)NC(c3ccccc3)C(O)c3ccccc3)o2)c1. The van der Waals surface area contributed by atoms with E-state index in [1.54, 1.807) is 26.4 Å². The number of amides is 1. The van der Waals surface area contributed by atoms with Crippen molar-refractivity contribution in [2.75, 3.05) is 14.2 Å². The molecule has 0 bridgehead atoms. The lowest BCUT2D eigenvalue weighted by molar-refractivity contribution is 0.0804. The zero-order valence-electron chi connectivity index (χ0n) is 19.1. The van der Waals surface area contributed by atoms with Gasteiger partial charge in [-0.3, -0.25) is 4.79 Å². The summed E-state index contributed by atoms with van der Waals surface area (Å²) in [6.07, 6.45) is -0.495. The lowest BCUT2D eigenvalue weighted by atomic mass is 9.95. The monoisotopic (exact) mass is 457 g/mol. The molecule has 0 spiro atoms. The number of benzene rings is 3. The van der Waals surface area contributed by atoms with Crippen LogP contribution in [-0.2, 0) is 6.42 Å². The lowest BCUT2D eigenvalue weighted by Gasteiger charge is -2.24. The summed E-state index contributed by atoms with van der Waals surface area (Å²) in [4.78, 5) is 13.1. The van der Waals surface area contributed by atoms with Gasteiger partial charge in [-0.05, 0) is 41.5 Å². The Bertz CT molecular complexity index is 1220. The van der Waals surface area contributed by atoms with Crippen molar-refractivity contribution in [1.82, 2.24) is 5.32 Å². The van der Waals surface area contributed by atoms with E-state index in [4.69, 9.17) is 13.9 Å². The zero-order chi connectivity index (χ0) is 23.9. The van der Waals surface area contributed by atoms with Crippen LogP contribution in [-0.4, -0.2) is 25.2 Å². The van der Waals surface area contributed by atoms with Gasteiger partial charge in [0.25, 0.3) is 5.91 Å². The first-order valence-corrected chi connectivity index (χ1v) is 11.0. The average Bonchev–Trinajstić information content (AvgIpc) is 3.36. The van der Waals surface area contributed by atoms with Gasteiger partial charge in [0, 0.05) is 12.0 Å². The maximum absolute atomic E-state index is 13.1. The minimum atomic E-state index is -0.928. The molecule has 0 saturated heterocycles. The molecule has 0 radical (unpaired) electrons. The topological polar surface area (TPSA) is 80.9 Å². The van der Waals surface area contributed by atoms with Gasteiger partial charge in [-0.2, -0.15) is 0 Å². The maximum Gasteiger partial charge on any atom is 0.287 e. The first-order valence-electron chi connectivity index (χ1n) is 11.0. The number of ether oxygens (including phenoxy) is 2. The first-order chi connectivity index (χ1) is 16.6. The van der Waals surface area contributed by atoms with Crippen molar-refractivity contribution in [3.8, 4) is 11.5 Å². The second-order valence-electron chi connectivity index (χ2n) is 7.84. The molecule has 174 valence electrons. The Morgan fingerprint density at radius 1 is 0.882 bits per heavy atom. The number of aliphatic hydroxyl groups excluding tert-OH is 1. The molecule has 2 atom stereocenters. The minimum Gasteiger partial charge on any atom is -0.497 e. The molecule has 1 amide bonds. The Morgan fingerprint density at radius 2 is 1.56 bits per heavy atom. The average molecular weight is 458 g/mol. The summed E-state index contributed by atoms with van der Waals surface area (Å²) in [6, 6.07) is 26.9. The number of carbonyl (C=O) groups is 1. The highest BCUT2D eigenvalue weighted by molar-refractivity contribution is 5.91. The molecule has 0 aliphatic heterocycles. The predicted molar refractivity (Wildman–Crippen MR) is 129 cm³/mol. The molecule has 1 aromatic heterocycles. The Morgan fingerprint density at radius 3 is 2.21 bits per heavy atom. The summed E-state index contributed by atoms with van der Waals surface area (Å²) >= 11 is 0. The highest BCUT2D eigenvalue weighted by Gasteiger charge is 2.26. The predicted octanol–water partition coefficient (Wildman–Crippen LogP) is 5.09. The fraction of sp³-hybridized carbons (Fsp3) is 0.179. The second-order valence-corrected chi connectivity index (χ2v) is 7.84. The summed E-state index contributed by atoms with van der Waals surface area (Å²) < 4.78 is 16.6. The number of hydrogen-bond acceptors (Lipinski definition) is 5. The third kappa shape index (κ3) is 5.30.